The van der Waals surface area contributed by atoms with Gasteiger partial charge in [0.1, 0.15) is 0 Å². The number of sulfonamides is 1. The second-order valence-electron chi connectivity index (χ2n) is 4.11. The summed E-state index contributed by atoms with van der Waals surface area (Å²) in [7, 11) is -1.14. The van der Waals surface area contributed by atoms with Gasteiger partial charge in [0.2, 0.25) is 0 Å². The molecule has 0 fully saturated rings. The molecule has 0 atom stereocenters. The number of hydrogen-bond acceptors (Lipinski definition) is 6. The first-order valence-electron chi connectivity index (χ1n) is 6.07. The topological polar surface area (TPSA) is 88.1 Å². The normalized spacial score (nSPS) is 15.1. The maximum absolute atomic E-state index is 12.0. The number of nitrogens with one attached hydrogen (secondary N) is 1. The van der Waals surface area contributed by atoms with Crippen LogP contribution >= 0.6 is 11.8 Å². The third-order valence-electron chi connectivity index (χ3n) is 2.82. The molecule has 1 heterocycles. The molecule has 0 spiro atoms. The Morgan fingerprint density at radius 3 is 2.57 bits per heavy atom. The highest BCUT2D eigenvalue weighted by molar-refractivity contribution is 8.14. The van der Waals surface area contributed by atoms with E-state index in [0.29, 0.717) is 17.3 Å². The average molecular weight is 329 g/mol. The number of amidine groups is 1. The van der Waals surface area contributed by atoms with E-state index in [1.165, 1.54) is 50.2 Å². The van der Waals surface area contributed by atoms with Crippen LogP contribution in [-0.2, 0) is 14.9 Å². The summed E-state index contributed by atoms with van der Waals surface area (Å²) in [5.74, 6) is 0.545. The third kappa shape index (κ3) is 3.62. The summed E-state index contributed by atoms with van der Waals surface area (Å²) in [6, 6.07) is 5.63. The highest BCUT2D eigenvalue weighted by Crippen LogP contribution is 2.16. The summed E-state index contributed by atoms with van der Waals surface area (Å²) in [5.41, 5.74) is 0.365. The van der Waals surface area contributed by atoms with Gasteiger partial charge in [-0.1, -0.05) is 16.2 Å². The van der Waals surface area contributed by atoms with E-state index in [2.05, 4.69) is 15.1 Å². The summed E-state index contributed by atoms with van der Waals surface area (Å²) in [5, 5.41) is 3.27. The Labute approximate surface area is 127 Å². The molecule has 1 aromatic rings. The van der Waals surface area contributed by atoms with Crippen LogP contribution in [0.1, 0.15) is 10.4 Å². The lowest BCUT2D eigenvalue weighted by Gasteiger charge is -2.14. The van der Waals surface area contributed by atoms with Crippen molar-refractivity contribution in [2.24, 2.45) is 4.99 Å². The molecule has 9 heteroatoms. The molecule has 0 saturated heterocycles. The van der Waals surface area contributed by atoms with Crippen molar-refractivity contribution < 1.29 is 18.0 Å². The van der Waals surface area contributed by atoms with E-state index in [0.717, 1.165) is 10.2 Å². The second-order valence-corrected chi connectivity index (χ2v) is 7.13. The standard InChI is InChI=1S/C12H15N3O4S2/c1-15(19-2)21(17,18)10-5-3-9(4-6-10)11(16)14-12-13-7-8-20-12/h3-6H,7-8H2,1-2H3,(H,13,14,16). The predicted molar refractivity (Wildman–Crippen MR) is 80.6 cm³/mol. The zero-order chi connectivity index (χ0) is 15.5. The van der Waals surface area contributed by atoms with Gasteiger partial charge in [0.25, 0.3) is 15.9 Å². The third-order valence-corrected chi connectivity index (χ3v) is 5.40. The van der Waals surface area contributed by atoms with E-state index in [-0.39, 0.29) is 10.8 Å². The molecule has 0 saturated carbocycles. The molecule has 0 bridgehead atoms. The number of carbonyl (C=O) groups is 1. The molecule has 1 amide bonds. The first-order chi connectivity index (χ1) is 9.95. The van der Waals surface area contributed by atoms with Crippen molar-refractivity contribution >= 4 is 32.9 Å². The van der Waals surface area contributed by atoms with E-state index in [4.69, 9.17) is 0 Å². The van der Waals surface area contributed by atoms with Crippen molar-refractivity contribution in [2.75, 3.05) is 26.5 Å². The molecule has 1 aliphatic heterocycles. The maximum atomic E-state index is 12.0. The Morgan fingerprint density at radius 1 is 1.38 bits per heavy atom. The highest BCUT2D eigenvalue weighted by Gasteiger charge is 2.21. The Kier molecular flexibility index (Phi) is 4.99. The molecular formula is C12H15N3O4S2. The molecule has 1 aromatic carbocycles. The van der Waals surface area contributed by atoms with Gasteiger partial charge in [0.15, 0.2) is 5.17 Å². The molecular weight excluding hydrogens is 314 g/mol. The van der Waals surface area contributed by atoms with E-state index in [9.17, 15) is 13.2 Å². The lowest BCUT2D eigenvalue weighted by molar-refractivity contribution is -0.0258. The monoisotopic (exact) mass is 329 g/mol. The minimum atomic E-state index is -3.70. The molecule has 0 aromatic heterocycles. The number of aliphatic imine (C=N–C) groups is 1. The van der Waals surface area contributed by atoms with Gasteiger partial charge in [-0.05, 0) is 24.3 Å². The summed E-state index contributed by atoms with van der Waals surface area (Å²) in [6.07, 6.45) is 0. The van der Waals surface area contributed by atoms with E-state index in [1.807, 2.05) is 0 Å². The largest absolute Gasteiger partial charge is 0.301 e. The van der Waals surface area contributed by atoms with E-state index in [1.54, 1.807) is 0 Å². The molecule has 1 N–H and O–H groups in total. The van der Waals surface area contributed by atoms with Crippen LogP contribution in [0.4, 0.5) is 0 Å². The number of rotatable bonds is 4. The van der Waals surface area contributed by atoms with Gasteiger partial charge in [-0.3, -0.25) is 14.6 Å². The van der Waals surface area contributed by atoms with Crippen LogP contribution in [0.25, 0.3) is 0 Å². The van der Waals surface area contributed by atoms with Crippen molar-refractivity contribution in [2.45, 2.75) is 4.90 Å². The predicted octanol–water partition coefficient (Wildman–Crippen LogP) is 0.701. The number of hydroxylamine groups is 1. The van der Waals surface area contributed by atoms with E-state index < -0.39 is 10.0 Å². The number of benzene rings is 1. The van der Waals surface area contributed by atoms with Crippen LogP contribution in [-0.4, -0.2) is 50.4 Å². The maximum Gasteiger partial charge on any atom is 0.264 e. The van der Waals surface area contributed by atoms with Crippen LogP contribution in [0.3, 0.4) is 0 Å². The lowest BCUT2D eigenvalue weighted by atomic mass is 10.2. The molecule has 0 aliphatic carbocycles. The first-order valence-corrected chi connectivity index (χ1v) is 8.49. The van der Waals surface area contributed by atoms with E-state index >= 15 is 0 Å². The number of hydrogen-bond donors (Lipinski definition) is 1. The van der Waals surface area contributed by atoms with Gasteiger partial charge in [-0.15, -0.1) is 0 Å². The summed E-state index contributed by atoms with van der Waals surface area (Å²) in [4.78, 5) is 20.8. The number of amides is 1. The van der Waals surface area contributed by atoms with Crippen molar-refractivity contribution in [3.8, 4) is 0 Å². The van der Waals surface area contributed by atoms with Crippen LogP contribution < -0.4 is 5.32 Å². The SMILES string of the molecule is CON(C)S(=O)(=O)c1ccc(C(=O)NC2=NCCS2)cc1. The van der Waals surface area contributed by atoms with Crippen LogP contribution in [0.5, 0.6) is 0 Å². The van der Waals surface area contributed by atoms with Crippen LogP contribution in [0.15, 0.2) is 34.2 Å². The Morgan fingerprint density at radius 2 is 2.05 bits per heavy atom. The van der Waals surface area contributed by atoms with Crippen molar-refractivity contribution in [1.82, 2.24) is 9.79 Å². The Balaban J connectivity index is 2.13. The minimum Gasteiger partial charge on any atom is -0.301 e. The quantitative estimate of drug-likeness (QED) is 0.822. The van der Waals surface area contributed by atoms with Gasteiger partial charge in [0.05, 0.1) is 18.6 Å². The number of thioether (sulfide) groups is 1. The fraction of sp³-hybridized carbons (Fsp3) is 0.333. The lowest BCUT2D eigenvalue weighted by Crippen LogP contribution is -2.28. The fourth-order valence-corrected chi connectivity index (χ4v) is 3.30. The Hall–Kier alpha value is -1.42. The first kappa shape index (κ1) is 16.0. The molecule has 7 nitrogen and oxygen atoms in total. The zero-order valence-electron chi connectivity index (χ0n) is 11.6. The molecule has 1 aliphatic rings. The van der Waals surface area contributed by atoms with Crippen LogP contribution in [0.2, 0.25) is 0 Å². The van der Waals surface area contributed by atoms with Gasteiger partial charge in [-0.25, -0.2) is 8.42 Å². The zero-order valence-corrected chi connectivity index (χ0v) is 13.2. The van der Waals surface area contributed by atoms with Gasteiger partial charge >= 0.3 is 0 Å². The molecule has 21 heavy (non-hydrogen) atoms. The number of carbonyl (C=O) groups excluding carboxylic acids is 1. The second kappa shape index (κ2) is 6.56. The summed E-state index contributed by atoms with van der Waals surface area (Å²) < 4.78 is 24.8. The average Bonchev–Trinajstić information content (AvgIpc) is 2.99. The van der Waals surface area contributed by atoms with Gasteiger partial charge < -0.3 is 5.32 Å². The van der Waals surface area contributed by atoms with Gasteiger partial charge in [0, 0.05) is 18.4 Å². The molecule has 114 valence electrons. The minimum absolute atomic E-state index is 0.0518. The molecule has 2 rings (SSSR count). The van der Waals surface area contributed by atoms with Crippen molar-refractivity contribution in [3.05, 3.63) is 29.8 Å². The highest BCUT2D eigenvalue weighted by atomic mass is 32.2. The summed E-state index contributed by atoms with van der Waals surface area (Å²) >= 11 is 1.48. The fourth-order valence-electron chi connectivity index (χ4n) is 1.60. The van der Waals surface area contributed by atoms with Crippen LogP contribution in [0, 0.1) is 0 Å². The molecule has 0 radical (unpaired) electrons. The number of nitrogens with zero attached hydrogens (tertiary/aromatic N) is 2. The van der Waals surface area contributed by atoms with Crippen molar-refractivity contribution in [1.29, 1.82) is 0 Å². The Bertz CT molecular complexity index is 656. The van der Waals surface area contributed by atoms with Crippen molar-refractivity contribution in [3.63, 3.8) is 0 Å². The smallest absolute Gasteiger partial charge is 0.264 e. The summed E-state index contributed by atoms with van der Waals surface area (Å²) in [6.45, 7) is 0.695. The molecule has 0 unspecified atom stereocenters. The van der Waals surface area contributed by atoms with Gasteiger partial charge in [-0.2, -0.15) is 0 Å².